The van der Waals surface area contributed by atoms with Gasteiger partial charge in [-0.05, 0) is 50.6 Å². The predicted octanol–water partition coefficient (Wildman–Crippen LogP) is 4.06. The summed E-state index contributed by atoms with van der Waals surface area (Å²) in [6.07, 6.45) is -0.0511. The van der Waals surface area contributed by atoms with Crippen LogP contribution < -0.4 is 10.6 Å². The van der Waals surface area contributed by atoms with E-state index in [2.05, 4.69) is 15.8 Å². The highest BCUT2D eigenvalue weighted by atomic mass is 35.5. The minimum absolute atomic E-state index is 0.0619. The topological polar surface area (TPSA) is 79.8 Å². The standard InChI is InChI=1S/C19H19ClFN3O3/c1-11-4-6-16(12(2)8-11)23-18(25)10-22-27-13(3)19(26)24-17-7-5-14(21)9-15(17)20/h4-10,13H,1-3H3,(H,23,25)(H,24,26)/b22-10-/t13-/m1/s1. The Hall–Kier alpha value is -2.93. The van der Waals surface area contributed by atoms with Crippen LogP contribution in [0.4, 0.5) is 15.8 Å². The smallest absolute Gasteiger partial charge is 0.270 e. The van der Waals surface area contributed by atoms with Gasteiger partial charge in [0.15, 0.2) is 0 Å². The quantitative estimate of drug-likeness (QED) is 0.575. The minimum Gasteiger partial charge on any atom is -0.383 e. The van der Waals surface area contributed by atoms with Crippen molar-refractivity contribution in [1.29, 1.82) is 0 Å². The number of halogens is 2. The van der Waals surface area contributed by atoms with Gasteiger partial charge in [-0.15, -0.1) is 0 Å². The maximum Gasteiger partial charge on any atom is 0.270 e. The van der Waals surface area contributed by atoms with Crippen LogP contribution in [0.1, 0.15) is 18.1 Å². The first-order chi connectivity index (χ1) is 12.8. The molecule has 2 aromatic rings. The van der Waals surface area contributed by atoms with E-state index in [0.717, 1.165) is 23.4 Å². The second kappa shape index (κ2) is 9.14. The van der Waals surface area contributed by atoms with E-state index in [1.165, 1.54) is 19.1 Å². The minimum atomic E-state index is -0.990. The van der Waals surface area contributed by atoms with E-state index in [-0.39, 0.29) is 10.7 Å². The number of nitrogens with one attached hydrogen (secondary N) is 2. The van der Waals surface area contributed by atoms with Crippen molar-refractivity contribution in [1.82, 2.24) is 0 Å². The molecule has 0 spiro atoms. The van der Waals surface area contributed by atoms with Crippen LogP contribution in [0, 0.1) is 19.7 Å². The van der Waals surface area contributed by atoms with Crippen LogP contribution in [-0.2, 0) is 14.4 Å². The molecule has 1 atom stereocenters. The van der Waals surface area contributed by atoms with Gasteiger partial charge in [-0.1, -0.05) is 34.5 Å². The Bertz CT molecular complexity index is 886. The molecular weight excluding hydrogens is 373 g/mol. The van der Waals surface area contributed by atoms with Crippen LogP contribution in [0.3, 0.4) is 0 Å². The summed E-state index contributed by atoms with van der Waals surface area (Å²) in [6, 6.07) is 9.20. The number of anilines is 2. The van der Waals surface area contributed by atoms with E-state index < -0.39 is 23.7 Å². The fourth-order valence-corrected chi connectivity index (χ4v) is 2.38. The second-order valence-corrected chi connectivity index (χ2v) is 6.31. The maximum atomic E-state index is 13.0. The third-order valence-corrected chi connectivity index (χ3v) is 3.90. The molecule has 0 aliphatic heterocycles. The van der Waals surface area contributed by atoms with Gasteiger partial charge in [-0.25, -0.2) is 4.39 Å². The van der Waals surface area contributed by atoms with Crippen molar-refractivity contribution in [3.05, 3.63) is 58.4 Å². The first-order valence-electron chi connectivity index (χ1n) is 8.09. The number of carbonyl (C=O) groups excluding carboxylic acids is 2. The summed E-state index contributed by atoms with van der Waals surface area (Å²) in [5, 5.41) is 8.75. The number of hydrogen-bond acceptors (Lipinski definition) is 4. The van der Waals surface area contributed by atoms with Gasteiger partial charge in [0, 0.05) is 5.69 Å². The van der Waals surface area contributed by atoms with Gasteiger partial charge in [0.2, 0.25) is 6.10 Å². The lowest BCUT2D eigenvalue weighted by Gasteiger charge is -2.11. The molecule has 0 saturated heterocycles. The zero-order valence-corrected chi connectivity index (χ0v) is 15.8. The lowest BCUT2D eigenvalue weighted by Crippen LogP contribution is -2.26. The normalized spacial score (nSPS) is 11.9. The van der Waals surface area contributed by atoms with E-state index in [0.29, 0.717) is 5.69 Å². The van der Waals surface area contributed by atoms with Gasteiger partial charge < -0.3 is 15.5 Å². The molecule has 27 heavy (non-hydrogen) atoms. The average molecular weight is 392 g/mol. The van der Waals surface area contributed by atoms with Gasteiger partial charge in [-0.3, -0.25) is 9.59 Å². The molecule has 0 fully saturated rings. The third-order valence-electron chi connectivity index (χ3n) is 3.59. The molecule has 8 heteroatoms. The Morgan fingerprint density at radius 1 is 1.15 bits per heavy atom. The molecule has 2 rings (SSSR count). The Morgan fingerprint density at radius 3 is 2.52 bits per heavy atom. The number of oxime groups is 1. The number of amides is 2. The van der Waals surface area contributed by atoms with Gasteiger partial charge in [0.1, 0.15) is 12.0 Å². The fraction of sp³-hybridized carbons (Fsp3) is 0.211. The number of carbonyl (C=O) groups is 2. The molecule has 0 aromatic heterocycles. The Kier molecular flexibility index (Phi) is 6.90. The van der Waals surface area contributed by atoms with Crippen molar-refractivity contribution in [2.75, 3.05) is 10.6 Å². The molecule has 0 aliphatic carbocycles. The highest BCUT2D eigenvalue weighted by molar-refractivity contribution is 6.33. The van der Waals surface area contributed by atoms with E-state index in [4.69, 9.17) is 16.4 Å². The molecule has 0 unspecified atom stereocenters. The lowest BCUT2D eigenvalue weighted by molar-refractivity contribution is -0.126. The summed E-state index contributed by atoms with van der Waals surface area (Å²) in [6.45, 7) is 5.29. The van der Waals surface area contributed by atoms with E-state index in [9.17, 15) is 14.0 Å². The SMILES string of the molecule is Cc1ccc(NC(=O)/C=N\O[C@H](C)C(=O)Nc2ccc(F)cc2Cl)c(C)c1. The van der Waals surface area contributed by atoms with E-state index in [1.54, 1.807) is 6.07 Å². The molecule has 0 radical (unpaired) electrons. The van der Waals surface area contributed by atoms with E-state index in [1.807, 2.05) is 26.0 Å². The van der Waals surface area contributed by atoms with Crippen molar-refractivity contribution >= 4 is 41.0 Å². The molecule has 2 N–H and O–H groups in total. The first-order valence-corrected chi connectivity index (χ1v) is 8.47. The monoisotopic (exact) mass is 391 g/mol. The van der Waals surface area contributed by atoms with Crippen LogP contribution in [0.25, 0.3) is 0 Å². The van der Waals surface area contributed by atoms with Crippen molar-refractivity contribution in [2.24, 2.45) is 5.16 Å². The van der Waals surface area contributed by atoms with Gasteiger partial charge in [0.25, 0.3) is 11.8 Å². The molecule has 142 valence electrons. The summed E-state index contributed by atoms with van der Waals surface area (Å²) >= 11 is 5.85. The van der Waals surface area contributed by atoms with Crippen LogP contribution in [0.15, 0.2) is 41.6 Å². The lowest BCUT2D eigenvalue weighted by atomic mass is 10.1. The average Bonchev–Trinajstić information content (AvgIpc) is 2.59. The molecule has 0 bridgehead atoms. The number of benzene rings is 2. The Labute approximate surface area is 161 Å². The van der Waals surface area contributed by atoms with Crippen LogP contribution in [0.5, 0.6) is 0 Å². The van der Waals surface area contributed by atoms with Gasteiger partial charge in [0.05, 0.1) is 10.7 Å². The molecular formula is C19H19ClFN3O3. The molecule has 6 nitrogen and oxygen atoms in total. The first kappa shape index (κ1) is 20.4. The zero-order valence-electron chi connectivity index (χ0n) is 15.0. The van der Waals surface area contributed by atoms with Crippen molar-refractivity contribution < 1.29 is 18.8 Å². The fourth-order valence-electron chi connectivity index (χ4n) is 2.16. The number of aryl methyl sites for hydroxylation is 2. The summed E-state index contributed by atoms with van der Waals surface area (Å²) in [4.78, 5) is 28.9. The molecule has 0 aliphatic rings. The molecule has 2 amide bonds. The highest BCUT2D eigenvalue weighted by Gasteiger charge is 2.16. The molecule has 2 aromatic carbocycles. The van der Waals surface area contributed by atoms with Crippen molar-refractivity contribution in [3.63, 3.8) is 0 Å². The predicted molar refractivity (Wildman–Crippen MR) is 104 cm³/mol. The Morgan fingerprint density at radius 2 is 1.85 bits per heavy atom. The molecule has 0 heterocycles. The second-order valence-electron chi connectivity index (χ2n) is 5.90. The van der Waals surface area contributed by atoms with Gasteiger partial charge in [-0.2, -0.15) is 0 Å². The summed E-state index contributed by atoms with van der Waals surface area (Å²) in [5.74, 6) is -1.55. The highest BCUT2D eigenvalue weighted by Crippen LogP contribution is 2.22. The van der Waals surface area contributed by atoms with Gasteiger partial charge >= 0.3 is 0 Å². The van der Waals surface area contributed by atoms with Crippen LogP contribution >= 0.6 is 11.6 Å². The summed E-state index contributed by atoms with van der Waals surface area (Å²) in [7, 11) is 0. The van der Waals surface area contributed by atoms with Crippen LogP contribution in [-0.4, -0.2) is 24.1 Å². The van der Waals surface area contributed by atoms with E-state index >= 15 is 0 Å². The summed E-state index contributed by atoms with van der Waals surface area (Å²) in [5.41, 5.74) is 2.91. The summed E-state index contributed by atoms with van der Waals surface area (Å²) < 4.78 is 13.0. The number of rotatable bonds is 6. The molecule has 0 saturated carbocycles. The maximum absolute atomic E-state index is 13.0. The largest absolute Gasteiger partial charge is 0.383 e. The van der Waals surface area contributed by atoms with Crippen molar-refractivity contribution in [3.8, 4) is 0 Å². The zero-order chi connectivity index (χ0) is 20.0. The number of hydrogen-bond donors (Lipinski definition) is 2. The van der Waals surface area contributed by atoms with Crippen LogP contribution in [0.2, 0.25) is 5.02 Å². The van der Waals surface area contributed by atoms with Crippen molar-refractivity contribution in [2.45, 2.75) is 26.9 Å². The number of nitrogens with zero attached hydrogens (tertiary/aromatic N) is 1. The third kappa shape index (κ3) is 6.07. The Balaban J connectivity index is 1.86.